The molecule has 1 aliphatic rings. The summed E-state index contributed by atoms with van der Waals surface area (Å²) in [4.78, 5) is 37.4. The van der Waals surface area contributed by atoms with Crippen molar-refractivity contribution in [1.82, 2.24) is 10.2 Å². The van der Waals surface area contributed by atoms with E-state index in [0.717, 1.165) is 22.6 Å². The molecule has 1 unspecified atom stereocenters. The van der Waals surface area contributed by atoms with Crippen LogP contribution in [0.5, 0.6) is 11.5 Å². The van der Waals surface area contributed by atoms with Crippen molar-refractivity contribution in [2.45, 2.75) is 13.8 Å². The number of amides is 2. The zero-order valence-corrected chi connectivity index (χ0v) is 16.6. The van der Waals surface area contributed by atoms with Crippen LogP contribution in [0.4, 0.5) is 0 Å². The van der Waals surface area contributed by atoms with E-state index in [9.17, 15) is 14.4 Å². The van der Waals surface area contributed by atoms with Gasteiger partial charge in [0, 0.05) is 19.6 Å². The summed E-state index contributed by atoms with van der Waals surface area (Å²) in [5.74, 6) is -0.999. The topological polar surface area (TPSA) is 75.7 Å². The first kappa shape index (κ1) is 20.3. The molecule has 1 saturated heterocycles. The molecule has 2 amide bonds. The molecule has 1 N–H and O–H groups in total. The summed E-state index contributed by atoms with van der Waals surface area (Å²) in [6.07, 6.45) is 1.95. The second-order valence-electron chi connectivity index (χ2n) is 6.95. The molecule has 3 rings (SSSR count). The molecule has 0 saturated carbocycles. The Morgan fingerprint density at radius 3 is 2.38 bits per heavy atom. The summed E-state index contributed by atoms with van der Waals surface area (Å²) in [6.45, 7) is 4.58. The first-order valence-corrected chi connectivity index (χ1v) is 9.59. The normalized spacial score (nSPS) is 16.8. The van der Waals surface area contributed by atoms with Crippen molar-refractivity contribution < 1.29 is 19.1 Å². The van der Waals surface area contributed by atoms with Crippen LogP contribution in [-0.2, 0) is 14.4 Å². The summed E-state index contributed by atoms with van der Waals surface area (Å²) in [7, 11) is 0. The summed E-state index contributed by atoms with van der Waals surface area (Å²) in [5.41, 5.74) is 1.90. The van der Waals surface area contributed by atoms with Crippen LogP contribution in [0.3, 0.4) is 0 Å². The highest BCUT2D eigenvalue weighted by atomic mass is 16.5. The van der Waals surface area contributed by atoms with Crippen LogP contribution in [0.2, 0.25) is 0 Å². The maximum Gasteiger partial charge on any atom is 0.290 e. The van der Waals surface area contributed by atoms with Crippen molar-refractivity contribution >= 4 is 23.7 Å². The van der Waals surface area contributed by atoms with E-state index in [1.54, 1.807) is 6.92 Å². The van der Waals surface area contributed by atoms with Gasteiger partial charge in [0.25, 0.3) is 5.91 Å². The van der Waals surface area contributed by atoms with Crippen LogP contribution < -0.4 is 10.1 Å². The molecule has 1 fully saturated rings. The van der Waals surface area contributed by atoms with Crippen molar-refractivity contribution in [3.05, 3.63) is 65.7 Å². The average Bonchev–Trinajstić information content (AvgIpc) is 3.03. The monoisotopic (exact) mass is 392 g/mol. The highest BCUT2D eigenvalue weighted by molar-refractivity contribution is 6.42. The maximum absolute atomic E-state index is 12.3. The Hall–Kier alpha value is -3.41. The predicted molar refractivity (Wildman–Crippen MR) is 110 cm³/mol. The number of nitrogens with one attached hydrogen (secondary N) is 1. The molecule has 0 bridgehead atoms. The Kier molecular flexibility index (Phi) is 6.44. The fourth-order valence-corrected chi connectivity index (χ4v) is 3.11. The number of nitrogens with zero attached hydrogens (tertiary/aromatic N) is 1. The maximum atomic E-state index is 12.3. The molecule has 1 aliphatic heterocycles. The van der Waals surface area contributed by atoms with E-state index in [-0.39, 0.29) is 6.54 Å². The Labute approximate surface area is 170 Å². The van der Waals surface area contributed by atoms with Crippen LogP contribution in [0.15, 0.2) is 60.2 Å². The van der Waals surface area contributed by atoms with Crippen molar-refractivity contribution in [2.75, 3.05) is 19.6 Å². The van der Waals surface area contributed by atoms with Gasteiger partial charge in [-0.1, -0.05) is 42.0 Å². The molecule has 1 atom stereocenters. The Morgan fingerprint density at radius 2 is 1.76 bits per heavy atom. The van der Waals surface area contributed by atoms with E-state index in [1.165, 1.54) is 4.90 Å². The number of hydrogen-bond acceptors (Lipinski definition) is 4. The van der Waals surface area contributed by atoms with Crippen molar-refractivity contribution in [1.29, 1.82) is 0 Å². The minimum atomic E-state index is -0.912. The number of benzene rings is 2. The summed E-state index contributed by atoms with van der Waals surface area (Å²) in [6, 6.07) is 17.2. The quantitative estimate of drug-likeness (QED) is 0.580. The van der Waals surface area contributed by atoms with E-state index >= 15 is 0 Å². The van der Waals surface area contributed by atoms with Gasteiger partial charge in [-0.05, 0) is 43.7 Å². The van der Waals surface area contributed by atoms with Gasteiger partial charge in [-0.2, -0.15) is 0 Å². The van der Waals surface area contributed by atoms with Gasteiger partial charge >= 0.3 is 0 Å². The average molecular weight is 392 g/mol. The van der Waals surface area contributed by atoms with Gasteiger partial charge in [0.1, 0.15) is 17.4 Å². The molecular formula is C23H24N2O4. The van der Waals surface area contributed by atoms with Crippen LogP contribution in [0, 0.1) is 5.92 Å². The number of para-hydroxylation sites is 1. The first-order chi connectivity index (χ1) is 14.0. The molecule has 0 radical (unpaired) electrons. The number of carbonyl (C=O) groups is 3. The van der Waals surface area contributed by atoms with Crippen LogP contribution in [0.25, 0.3) is 6.08 Å². The fraction of sp³-hybridized carbons (Fsp3) is 0.261. The number of rotatable bonds is 7. The predicted octanol–water partition coefficient (Wildman–Crippen LogP) is 3.05. The lowest BCUT2D eigenvalue weighted by molar-refractivity contribution is -0.142. The summed E-state index contributed by atoms with van der Waals surface area (Å²) < 4.78 is 5.77. The first-order valence-electron chi connectivity index (χ1n) is 9.59. The summed E-state index contributed by atoms with van der Waals surface area (Å²) in [5, 5.41) is 2.75. The van der Waals surface area contributed by atoms with Crippen molar-refractivity contribution in [3.8, 4) is 11.5 Å². The van der Waals surface area contributed by atoms with E-state index in [1.807, 2.05) is 67.6 Å². The van der Waals surface area contributed by atoms with Crippen molar-refractivity contribution in [3.63, 3.8) is 0 Å². The van der Waals surface area contributed by atoms with Gasteiger partial charge < -0.3 is 15.0 Å². The molecule has 29 heavy (non-hydrogen) atoms. The number of ketones is 1. The standard InChI is InChI=1S/C23H24N2O4/c1-3-25-15-20(21(26)23(25)28)22(27)24-14-16(2)13-17-9-11-19(12-10-17)29-18-7-5-4-6-8-18/h4-13,20H,3,14-15H2,1-2H3,(H,24,27). The Balaban J connectivity index is 1.54. The highest BCUT2D eigenvalue weighted by Gasteiger charge is 2.42. The molecule has 2 aromatic carbocycles. The Morgan fingerprint density at radius 1 is 1.10 bits per heavy atom. The number of ether oxygens (including phenoxy) is 1. The molecule has 0 aromatic heterocycles. The van der Waals surface area contributed by atoms with Crippen LogP contribution in [0.1, 0.15) is 19.4 Å². The molecule has 1 heterocycles. The molecule has 2 aromatic rings. The van der Waals surface area contributed by atoms with E-state index in [2.05, 4.69) is 5.32 Å². The lowest BCUT2D eigenvalue weighted by atomic mass is 10.1. The number of Topliss-reactive ketones (excluding diaryl/α,β-unsaturated/α-hetero) is 1. The van der Waals surface area contributed by atoms with E-state index in [0.29, 0.717) is 13.1 Å². The third-order valence-electron chi connectivity index (χ3n) is 4.73. The van der Waals surface area contributed by atoms with Gasteiger partial charge in [-0.25, -0.2) is 0 Å². The van der Waals surface area contributed by atoms with E-state index in [4.69, 9.17) is 4.74 Å². The molecule has 0 spiro atoms. The second-order valence-corrected chi connectivity index (χ2v) is 6.95. The third-order valence-corrected chi connectivity index (χ3v) is 4.73. The minimum Gasteiger partial charge on any atom is -0.457 e. The molecule has 150 valence electrons. The van der Waals surface area contributed by atoms with Gasteiger partial charge in [-0.15, -0.1) is 0 Å². The zero-order chi connectivity index (χ0) is 20.8. The Bertz CT molecular complexity index is 920. The third kappa shape index (κ3) is 5.10. The lowest BCUT2D eigenvalue weighted by Crippen LogP contribution is -2.36. The largest absolute Gasteiger partial charge is 0.457 e. The van der Waals surface area contributed by atoms with Crippen LogP contribution in [-0.4, -0.2) is 42.1 Å². The van der Waals surface area contributed by atoms with E-state index < -0.39 is 23.5 Å². The van der Waals surface area contributed by atoms with Crippen molar-refractivity contribution in [2.24, 2.45) is 5.92 Å². The van der Waals surface area contributed by atoms with Crippen LogP contribution >= 0.6 is 0 Å². The number of likely N-dealkylation sites (tertiary alicyclic amines) is 1. The molecule has 6 nitrogen and oxygen atoms in total. The lowest BCUT2D eigenvalue weighted by Gasteiger charge is -2.12. The van der Waals surface area contributed by atoms with Gasteiger partial charge in [0.15, 0.2) is 0 Å². The number of hydrogen-bond donors (Lipinski definition) is 1. The molecular weight excluding hydrogens is 368 g/mol. The fourth-order valence-electron chi connectivity index (χ4n) is 3.11. The second kappa shape index (κ2) is 9.19. The molecule has 0 aliphatic carbocycles. The number of carbonyl (C=O) groups excluding carboxylic acids is 3. The highest BCUT2D eigenvalue weighted by Crippen LogP contribution is 2.22. The number of likely N-dealkylation sites (N-methyl/N-ethyl adjacent to an activating group) is 1. The minimum absolute atomic E-state index is 0.158. The van der Waals surface area contributed by atoms with Gasteiger partial charge in [-0.3, -0.25) is 14.4 Å². The van der Waals surface area contributed by atoms with Gasteiger partial charge in [0.05, 0.1) is 0 Å². The zero-order valence-electron chi connectivity index (χ0n) is 16.6. The smallest absolute Gasteiger partial charge is 0.290 e. The SMILES string of the molecule is CCN1CC(C(=O)NCC(C)=Cc2ccc(Oc3ccccc3)cc2)C(=O)C1=O. The molecule has 6 heteroatoms. The van der Waals surface area contributed by atoms with Gasteiger partial charge in [0.2, 0.25) is 11.7 Å². The summed E-state index contributed by atoms with van der Waals surface area (Å²) >= 11 is 0.